The Hall–Kier alpha value is -3.79. The average Bonchev–Trinajstić information content (AvgIpc) is 2.85. The van der Waals surface area contributed by atoms with Gasteiger partial charge in [-0.25, -0.2) is 14.4 Å². The van der Waals surface area contributed by atoms with Crippen LogP contribution in [-0.4, -0.2) is 40.3 Å². The molecule has 0 fully saturated rings. The number of hydrogen-bond donors (Lipinski definition) is 3. The number of aromatic hydroxyl groups is 1. The summed E-state index contributed by atoms with van der Waals surface area (Å²) in [6.07, 6.45) is -1.81. The highest BCUT2D eigenvalue weighted by molar-refractivity contribution is 6.05. The van der Waals surface area contributed by atoms with Crippen LogP contribution < -0.4 is 14.2 Å². The van der Waals surface area contributed by atoms with Crippen LogP contribution in [-0.2, 0) is 4.74 Å². The molecule has 0 saturated carbocycles. The van der Waals surface area contributed by atoms with E-state index in [0.29, 0.717) is 5.56 Å². The van der Waals surface area contributed by atoms with Crippen LogP contribution in [0.5, 0.6) is 28.7 Å². The zero-order valence-corrected chi connectivity index (χ0v) is 15.4. The Morgan fingerprint density at radius 1 is 1.07 bits per heavy atom. The molecule has 0 amide bonds. The Kier molecular flexibility index (Phi) is 3.91. The zero-order chi connectivity index (χ0) is 21.2. The van der Waals surface area contributed by atoms with E-state index in [1.807, 2.05) is 0 Å². The number of aromatic carboxylic acids is 1. The molecule has 2 aliphatic rings. The van der Waals surface area contributed by atoms with Crippen molar-refractivity contribution < 1.29 is 48.7 Å². The fraction of sp³-hybridized carbons (Fsp3) is 0.211. The molecule has 10 nitrogen and oxygen atoms in total. The molecule has 29 heavy (non-hydrogen) atoms. The van der Waals surface area contributed by atoms with Crippen molar-refractivity contribution in [2.45, 2.75) is 20.1 Å². The van der Waals surface area contributed by atoms with Gasteiger partial charge in [-0.1, -0.05) is 0 Å². The molecule has 1 unspecified atom stereocenters. The third-order valence-electron chi connectivity index (χ3n) is 4.80. The van der Waals surface area contributed by atoms with Crippen LogP contribution in [0.15, 0.2) is 6.07 Å². The minimum Gasteiger partial charge on any atom is -0.507 e. The lowest BCUT2D eigenvalue weighted by atomic mass is 10.0. The molecule has 150 valence electrons. The molecule has 2 aromatic rings. The summed E-state index contributed by atoms with van der Waals surface area (Å²) in [5, 5.41) is 30.2. The predicted molar refractivity (Wildman–Crippen MR) is 92.9 cm³/mol. The first-order valence-electron chi connectivity index (χ1n) is 8.30. The summed E-state index contributed by atoms with van der Waals surface area (Å²) in [4.78, 5) is 36.7. The monoisotopic (exact) mass is 402 g/mol. The first-order chi connectivity index (χ1) is 13.7. The molecule has 3 N–H and O–H groups in total. The number of phenolic OH excluding ortho intramolecular Hbond substituents is 1. The first-order valence-corrected chi connectivity index (χ1v) is 8.30. The van der Waals surface area contributed by atoms with Crippen LogP contribution in [0.3, 0.4) is 0 Å². The van der Waals surface area contributed by atoms with Crippen molar-refractivity contribution in [1.82, 2.24) is 0 Å². The van der Waals surface area contributed by atoms with Gasteiger partial charge in [0.2, 0.25) is 6.29 Å². The third kappa shape index (κ3) is 2.42. The standard InChI is InChI=1S/C19H14O10/c1-5-4-7(26-3)9(16(21)22)14-8(5)17(23)28-13-6(2)12(20)10-11(15(13)27-14)19(25)29-18(10)24/h4,19-20,25H,1-3H3,(H,21,22). The molecule has 0 bridgehead atoms. The Bertz CT molecular complexity index is 1130. The van der Waals surface area contributed by atoms with E-state index in [2.05, 4.69) is 0 Å². The van der Waals surface area contributed by atoms with Gasteiger partial charge in [-0.3, -0.25) is 0 Å². The van der Waals surface area contributed by atoms with Crippen LogP contribution in [0, 0.1) is 13.8 Å². The van der Waals surface area contributed by atoms with Gasteiger partial charge in [0.1, 0.15) is 28.2 Å². The van der Waals surface area contributed by atoms with E-state index in [-0.39, 0.29) is 45.3 Å². The SMILES string of the molecule is COc1cc(C)c2c(c1C(=O)O)Oc1c(c(C)c(O)c3c1C(O)OC3=O)OC2=O. The van der Waals surface area contributed by atoms with Crippen LogP contribution in [0.4, 0.5) is 0 Å². The van der Waals surface area contributed by atoms with Gasteiger partial charge >= 0.3 is 17.9 Å². The van der Waals surface area contributed by atoms with Crippen molar-refractivity contribution in [3.8, 4) is 28.7 Å². The highest BCUT2D eigenvalue weighted by Crippen LogP contribution is 2.53. The Balaban J connectivity index is 2.11. The van der Waals surface area contributed by atoms with Gasteiger partial charge < -0.3 is 34.3 Å². The van der Waals surface area contributed by atoms with Crippen molar-refractivity contribution >= 4 is 17.9 Å². The van der Waals surface area contributed by atoms with E-state index < -0.39 is 35.5 Å². The molecule has 1 atom stereocenters. The maximum absolute atomic E-state index is 12.8. The summed E-state index contributed by atoms with van der Waals surface area (Å²) in [5.41, 5.74) is -0.960. The number of phenols is 1. The van der Waals surface area contributed by atoms with Gasteiger partial charge in [-0.05, 0) is 25.5 Å². The molecule has 0 saturated heterocycles. The second kappa shape index (κ2) is 6.11. The van der Waals surface area contributed by atoms with Crippen LogP contribution in [0.1, 0.15) is 54.1 Å². The maximum Gasteiger partial charge on any atom is 0.347 e. The largest absolute Gasteiger partial charge is 0.507 e. The number of rotatable bonds is 2. The molecule has 2 aliphatic heterocycles. The minimum atomic E-state index is -1.81. The number of cyclic esters (lactones) is 1. The van der Waals surface area contributed by atoms with Crippen molar-refractivity contribution in [2.24, 2.45) is 0 Å². The number of aliphatic hydroxyl groups excluding tert-OH is 1. The smallest absolute Gasteiger partial charge is 0.347 e. The number of carbonyl (C=O) groups is 3. The van der Waals surface area contributed by atoms with Gasteiger partial charge in [0.05, 0.1) is 12.7 Å². The van der Waals surface area contributed by atoms with E-state index in [4.69, 9.17) is 18.9 Å². The molecule has 2 heterocycles. The molecular weight excluding hydrogens is 388 g/mol. The van der Waals surface area contributed by atoms with Crippen molar-refractivity contribution in [2.75, 3.05) is 7.11 Å². The molecule has 4 rings (SSSR count). The van der Waals surface area contributed by atoms with Crippen molar-refractivity contribution in [3.05, 3.63) is 39.4 Å². The summed E-state index contributed by atoms with van der Waals surface area (Å²) in [6, 6.07) is 1.35. The van der Waals surface area contributed by atoms with E-state index in [1.165, 1.54) is 27.0 Å². The average molecular weight is 402 g/mol. The number of carbonyl (C=O) groups excluding carboxylic acids is 2. The van der Waals surface area contributed by atoms with Crippen molar-refractivity contribution in [3.63, 3.8) is 0 Å². The second-order valence-electron chi connectivity index (χ2n) is 6.45. The van der Waals surface area contributed by atoms with Gasteiger partial charge in [0, 0.05) is 5.56 Å². The number of hydrogen-bond acceptors (Lipinski definition) is 9. The summed E-state index contributed by atoms with van der Waals surface area (Å²) < 4.78 is 21.0. The van der Waals surface area contributed by atoms with Gasteiger partial charge in [0.25, 0.3) is 0 Å². The summed E-state index contributed by atoms with van der Waals surface area (Å²) >= 11 is 0. The summed E-state index contributed by atoms with van der Waals surface area (Å²) in [5.74, 6) is -4.95. The summed E-state index contributed by atoms with van der Waals surface area (Å²) in [7, 11) is 1.26. The third-order valence-corrected chi connectivity index (χ3v) is 4.80. The highest BCUT2D eigenvalue weighted by Gasteiger charge is 2.43. The lowest BCUT2D eigenvalue weighted by molar-refractivity contribution is -0.0555. The fourth-order valence-corrected chi connectivity index (χ4v) is 3.44. The van der Waals surface area contributed by atoms with E-state index in [9.17, 15) is 29.7 Å². The van der Waals surface area contributed by atoms with Crippen LogP contribution in [0.25, 0.3) is 0 Å². The Labute approximate surface area is 162 Å². The number of fused-ring (bicyclic) bond motifs is 4. The number of aryl methyl sites for hydroxylation is 1. The maximum atomic E-state index is 12.8. The molecular formula is C19H14O10. The van der Waals surface area contributed by atoms with Gasteiger partial charge in [0.15, 0.2) is 17.2 Å². The number of benzene rings is 2. The second-order valence-corrected chi connectivity index (χ2v) is 6.45. The lowest BCUT2D eigenvalue weighted by Crippen LogP contribution is -2.13. The summed E-state index contributed by atoms with van der Waals surface area (Å²) in [6.45, 7) is 2.90. The molecule has 2 aromatic carbocycles. The van der Waals surface area contributed by atoms with Crippen LogP contribution in [0.2, 0.25) is 0 Å². The number of carboxylic acid groups (broad SMARTS) is 1. The molecule has 10 heteroatoms. The van der Waals surface area contributed by atoms with Gasteiger partial charge in [-0.15, -0.1) is 0 Å². The zero-order valence-electron chi connectivity index (χ0n) is 15.4. The van der Waals surface area contributed by atoms with Crippen molar-refractivity contribution in [1.29, 1.82) is 0 Å². The topological polar surface area (TPSA) is 149 Å². The number of esters is 2. The number of ether oxygens (including phenoxy) is 4. The van der Waals surface area contributed by atoms with Gasteiger partial charge in [-0.2, -0.15) is 0 Å². The predicted octanol–water partition coefficient (Wildman–Crippen LogP) is 2.20. The normalized spacial score (nSPS) is 16.6. The van der Waals surface area contributed by atoms with E-state index in [0.717, 1.165) is 0 Å². The molecule has 0 aromatic heterocycles. The quantitative estimate of drug-likeness (QED) is 0.504. The molecule has 0 radical (unpaired) electrons. The Morgan fingerprint density at radius 3 is 2.38 bits per heavy atom. The lowest BCUT2D eigenvalue weighted by Gasteiger charge is -2.17. The Morgan fingerprint density at radius 2 is 1.76 bits per heavy atom. The minimum absolute atomic E-state index is 0.0209. The first kappa shape index (κ1) is 18.6. The number of carboxylic acids is 1. The fourth-order valence-electron chi connectivity index (χ4n) is 3.44. The highest BCUT2D eigenvalue weighted by atomic mass is 16.6. The van der Waals surface area contributed by atoms with Crippen LogP contribution >= 0.6 is 0 Å². The number of aliphatic hydroxyl groups is 1. The van der Waals surface area contributed by atoms with E-state index >= 15 is 0 Å². The number of methoxy groups -OCH3 is 1. The van der Waals surface area contributed by atoms with E-state index in [1.54, 1.807) is 0 Å². The molecule has 0 aliphatic carbocycles. The molecule has 0 spiro atoms.